The zero-order valence-electron chi connectivity index (χ0n) is 13.6. The fourth-order valence-corrected chi connectivity index (χ4v) is 2.86. The van der Waals surface area contributed by atoms with Crippen molar-refractivity contribution in [1.82, 2.24) is 5.32 Å². The minimum absolute atomic E-state index is 0.00369. The van der Waals surface area contributed by atoms with Crippen molar-refractivity contribution in [2.24, 2.45) is 0 Å². The second-order valence-electron chi connectivity index (χ2n) is 5.48. The number of carbonyl (C=O) groups is 1. The zero-order valence-corrected chi connectivity index (χ0v) is 14.4. The van der Waals surface area contributed by atoms with Gasteiger partial charge in [0.1, 0.15) is 11.1 Å². The number of fused-ring (bicyclic) bond motifs is 1. The molecule has 0 aliphatic rings. The highest BCUT2D eigenvalue weighted by Gasteiger charge is 2.15. The van der Waals surface area contributed by atoms with Gasteiger partial charge < -0.3 is 14.8 Å². The lowest BCUT2D eigenvalue weighted by atomic mass is 10.1. The van der Waals surface area contributed by atoms with Crippen molar-refractivity contribution < 1.29 is 14.3 Å². The Labute approximate surface area is 148 Å². The predicted molar refractivity (Wildman–Crippen MR) is 98.0 cm³/mol. The van der Waals surface area contributed by atoms with Crippen molar-refractivity contribution in [3.8, 4) is 0 Å². The molecule has 0 radical (unpaired) electrons. The van der Waals surface area contributed by atoms with Crippen LogP contribution in [-0.4, -0.2) is 23.8 Å². The molecule has 2 aromatic carbocycles. The van der Waals surface area contributed by atoms with E-state index in [0.717, 1.165) is 4.90 Å². The van der Waals surface area contributed by atoms with E-state index in [4.69, 9.17) is 4.42 Å². The maximum absolute atomic E-state index is 12.3. The van der Waals surface area contributed by atoms with E-state index in [1.165, 1.54) is 6.07 Å². The van der Waals surface area contributed by atoms with E-state index in [1.807, 2.05) is 30.5 Å². The number of nitrogens with one attached hydrogen (secondary N) is 1. The monoisotopic (exact) mass is 355 g/mol. The molecule has 1 aromatic heterocycles. The van der Waals surface area contributed by atoms with Crippen molar-refractivity contribution in [3.63, 3.8) is 0 Å². The molecule has 128 valence electrons. The number of aliphatic hydroxyl groups excluding tert-OH is 1. The Hall–Kier alpha value is -2.57. The highest BCUT2D eigenvalue weighted by Crippen LogP contribution is 2.19. The number of hydrogen-bond donors (Lipinski definition) is 2. The van der Waals surface area contributed by atoms with Crippen LogP contribution in [0.2, 0.25) is 0 Å². The molecule has 5 nitrogen and oxygen atoms in total. The topological polar surface area (TPSA) is 79.5 Å². The number of para-hydroxylation sites is 1. The number of thioether (sulfide) groups is 1. The van der Waals surface area contributed by atoms with Gasteiger partial charge in [-0.05, 0) is 36.1 Å². The molecule has 1 amide bonds. The van der Waals surface area contributed by atoms with Gasteiger partial charge in [0.2, 0.25) is 0 Å². The van der Waals surface area contributed by atoms with Crippen LogP contribution in [0.3, 0.4) is 0 Å². The van der Waals surface area contributed by atoms with Crippen molar-refractivity contribution in [2.75, 3.05) is 12.8 Å². The lowest BCUT2D eigenvalue weighted by Gasteiger charge is -2.12. The summed E-state index contributed by atoms with van der Waals surface area (Å²) in [7, 11) is 0. The molecule has 0 bridgehead atoms. The Morgan fingerprint density at radius 3 is 2.64 bits per heavy atom. The number of rotatable bonds is 5. The number of carbonyl (C=O) groups excluding carboxylic acids is 1. The van der Waals surface area contributed by atoms with Gasteiger partial charge >= 0.3 is 5.63 Å². The Morgan fingerprint density at radius 1 is 1.20 bits per heavy atom. The SMILES string of the molecule is CSc1ccc([C@@H](O)CNC(=O)c2cc3ccccc3oc2=O)cc1. The fraction of sp³-hybridized carbons (Fsp3) is 0.158. The maximum Gasteiger partial charge on any atom is 0.349 e. The summed E-state index contributed by atoms with van der Waals surface area (Å²) in [6.07, 6.45) is 1.12. The normalized spacial score (nSPS) is 12.1. The molecule has 0 aliphatic heterocycles. The summed E-state index contributed by atoms with van der Waals surface area (Å²) >= 11 is 1.61. The van der Waals surface area contributed by atoms with Crippen LogP contribution in [0.1, 0.15) is 22.0 Å². The third-order valence-corrected chi connectivity index (χ3v) is 4.59. The Morgan fingerprint density at radius 2 is 1.92 bits per heavy atom. The first-order chi connectivity index (χ1) is 12.1. The maximum atomic E-state index is 12.3. The summed E-state index contributed by atoms with van der Waals surface area (Å²) in [6, 6.07) is 15.9. The van der Waals surface area contributed by atoms with E-state index in [9.17, 15) is 14.7 Å². The first kappa shape index (κ1) is 17.3. The van der Waals surface area contributed by atoms with Gasteiger partial charge in [0.05, 0.1) is 6.10 Å². The zero-order chi connectivity index (χ0) is 17.8. The van der Waals surface area contributed by atoms with Crippen LogP contribution in [0.25, 0.3) is 11.0 Å². The third-order valence-electron chi connectivity index (χ3n) is 3.84. The summed E-state index contributed by atoms with van der Waals surface area (Å²) in [4.78, 5) is 25.3. The van der Waals surface area contributed by atoms with Gasteiger partial charge in [-0.3, -0.25) is 4.79 Å². The summed E-state index contributed by atoms with van der Waals surface area (Å²) < 4.78 is 5.15. The molecular weight excluding hydrogens is 338 g/mol. The van der Waals surface area contributed by atoms with Crippen molar-refractivity contribution in [2.45, 2.75) is 11.0 Å². The summed E-state index contributed by atoms with van der Waals surface area (Å²) in [5.74, 6) is -0.570. The molecule has 3 aromatic rings. The van der Waals surface area contributed by atoms with Crippen LogP contribution in [0, 0.1) is 0 Å². The molecule has 1 heterocycles. The molecule has 0 spiro atoms. The van der Waals surface area contributed by atoms with Gasteiger partial charge in [-0.1, -0.05) is 30.3 Å². The molecule has 0 saturated carbocycles. The van der Waals surface area contributed by atoms with Gasteiger partial charge in [-0.15, -0.1) is 11.8 Å². The fourth-order valence-electron chi connectivity index (χ4n) is 2.45. The van der Waals surface area contributed by atoms with Gasteiger partial charge in [-0.2, -0.15) is 0 Å². The molecule has 1 atom stereocenters. The minimum atomic E-state index is -0.854. The molecule has 25 heavy (non-hydrogen) atoms. The Bertz CT molecular complexity index is 950. The largest absolute Gasteiger partial charge is 0.422 e. The van der Waals surface area contributed by atoms with Crippen LogP contribution in [0.5, 0.6) is 0 Å². The van der Waals surface area contributed by atoms with E-state index in [0.29, 0.717) is 16.5 Å². The molecule has 2 N–H and O–H groups in total. The molecule has 0 saturated heterocycles. The summed E-state index contributed by atoms with van der Waals surface area (Å²) in [6.45, 7) is 0.00369. The average Bonchev–Trinajstić information content (AvgIpc) is 2.65. The van der Waals surface area contributed by atoms with E-state index < -0.39 is 17.6 Å². The molecule has 6 heteroatoms. The number of hydrogen-bond acceptors (Lipinski definition) is 5. The van der Waals surface area contributed by atoms with Crippen molar-refractivity contribution >= 4 is 28.6 Å². The van der Waals surface area contributed by atoms with Crippen LogP contribution < -0.4 is 10.9 Å². The van der Waals surface area contributed by atoms with Crippen LogP contribution in [0.15, 0.2) is 68.7 Å². The van der Waals surface area contributed by atoms with E-state index in [1.54, 1.807) is 36.0 Å². The summed E-state index contributed by atoms with van der Waals surface area (Å²) in [5, 5.41) is 13.4. The Kier molecular flexibility index (Phi) is 5.21. The van der Waals surface area contributed by atoms with E-state index in [2.05, 4.69) is 5.32 Å². The van der Waals surface area contributed by atoms with Gasteiger partial charge in [0.25, 0.3) is 5.91 Å². The summed E-state index contributed by atoms with van der Waals surface area (Å²) in [5.41, 5.74) is 0.347. The lowest BCUT2D eigenvalue weighted by Crippen LogP contribution is -2.31. The van der Waals surface area contributed by atoms with Crippen LogP contribution in [-0.2, 0) is 0 Å². The van der Waals surface area contributed by atoms with E-state index in [-0.39, 0.29) is 12.1 Å². The predicted octanol–water partition coefficient (Wildman–Crippen LogP) is 2.98. The Balaban J connectivity index is 1.71. The number of benzene rings is 2. The smallest absolute Gasteiger partial charge is 0.349 e. The second-order valence-corrected chi connectivity index (χ2v) is 6.36. The number of amides is 1. The van der Waals surface area contributed by atoms with Crippen molar-refractivity contribution in [3.05, 3.63) is 76.1 Å². The molecular formula is C19H17NO4S. The van der Waals surface area contributed by atoms with Crippen molar-refractivity contribution in [1.29, 1.82) is 0 Å². The lowest BCUT2D eigenvalue weighted by molar-refractivity contribution is 0.0913. The van der Waals surface area contributed by atoms with Crippen LogP contribution >= 0.6 is 11.8 Å². The van der Waals surface area contributed by atoms with Gasteiger partial charge in [0, 0.05) is 16.8 Å². The quantitative estimate of drug-likeness (QED) is 0.543. The molecule has 0 fully saturated rings. The van der Waals surface area contributed by atoms with E-state index >= 15 is 0 Å². The first-order valence-corrected chi connectivity index (χ1v) is 8.94. The third kappa shape index (κ3) is 3.92. The van der Waals surface area contributed by atoms with Crippen LogP contribution in [0.4, 0.5) is 0 Å². The average molecular weight is 355 g/mol. The first-order valence-electron chi connectivity index (χ1n) is 7.71. The number of aliphatic hydroxyl groups is 1. The molecule has 3 rings (SSSR count). The highest BCUT2D eigenvalue weighted by atomic mass is 32.2. The standard InChI is InChI=1S/C19H17NO4S/c1-25-14-8-6-12(7-9-14)16(21)11-20-18(22)15-10-13-4-2-3-5-17(13)24-19(15)23/h2-10,16,21H,11H2,1H3,(H,20,22)/t16-/m0/s1. The molecule has 0 unspecified atom stereocenters. The highest BCUT2D eigenvalue weighted by molar-refractivity contribution is 7.98. The second kappa shape index (κ2) is 7.55. The minimum Gasteiger partial charge on any atom is -0.422 e. The van der Waals surface area contributed by atoms with Gasteiger partial charge in [-0.25, -0.2) is 4.79 Å². The molecule has 0 aliphatic carbocycles. The van der Waals surface area contributed by atoms with Gasteiger partial charge in [0.15, 0.2) is 0 Å².